The Hall–Kier alpha value is -4.17. The van der Waals surface area contributed by atoms with Crippen molar-refractivity contribution in [1.29, 1.82) is 0 Å². The molecule has 1 saturated heterocycles. The summed E-state index contributed by atoms with van der Waals surface area (Å²) in [6.07, 6.45) is -6.86. The number of morpholine rings is 1. The number of halogens is 7. The number of alkyl carbamates (subject to hydrolysis) is 1. The molecule has 0 bridgehead atoms. The van der Waals surface area contributed by atoms with Gasteiger partial charge in [-0.1, -0.05) is 18.2 Å². The molecule has 7 nitrogen and oxygen atoms in total. The zero-order valence-electron chi connectivity index (χ0n) is 23.7. The zero-order valence-corrected chi connectivity index (χ0v) is 23.7. The van der Waals surface area contributed by atoms with Crippen molar-refractivity contribution in [3.8, 4) is 0 Å². The summed E-state index contributed by atoms with van der Waals surface area (Å²) in [5, 5.41) is 7.34. The SMILES string of the molecule is O=C(C[C@@H](c1ccc(F)cc1)c1cc(F)cc(F)c1)Nc1cccc(F)c1CC[C@@H]1CNC[C@@H](COC(=O)NCC(F)(F)F)O1. The van der Waals surface area contributed by atoms with E-state index in [1.807, 2.05) is 0 Å². The molecule has 1 fully saturated rings. The summed E-state index contributed by atoms with van der Waals surface area (Å²) in [5.74, 6) is -4.24. The summed E-state index contributed by atoms with van der Waals surface area (Å²) < 4.78 is 104. The van der Waals surface area contributed by atoms with Gasteiger partial charge < -0.3 is 25.4 Å². The molecule has 0 aliphatic carbocycles. The van der Waals surface area contributed by atoms with Crippen molar-refractivity contribution < 1.29 is 49.8 Å². The Labute approximate surface area is 254 Å². The molecule has 0 saturated carbocycles. The van der Waals surface area contributed by atoms with Crippen LogP contribution < -0.4 is 16.0 Å². The van der Waals surface area contributed by atoms with Gasteiger partial charge >= 0.3 is 12.3 Å². The highest BCUT2D eigenvalue weighted by Gasteiger charge is 2.29. The molecule has 2 amide bonds. The number of alkyl halides is 3. The molecule has 1 heterocycles. The van der Waals surface area contributed by atoms with E-state index in [1.54, 1.807) is 5.32 Å². The lowest BCUT2D eigenvalue weighted by Crippen LogP contribution is -2.47. The van der Waals surface area contributed by atoms with Gasteiger partial charge in [-0.2, -0.15) is 13.2 Å². The van der Waals surface area contributed by atoms with Crippen molar-refractivity contribution in [1.82, 2.24) is 10.6 Å². The number of nitrogens with one attached hydrogen (secondary N) is 3. The summed E-state index contributed by atoms with van der Waals surface area (Å²) in [4.78, 5) is 24.7. The zero-order chi connectivity index (χ0) is 32.6. The van der Waals surface area contributed by atoms with E-state index in [0.29, 0.717) is 18.2 Å². The number of amides is 2. The molecule has 3 aromatic rings. The lowest BCUT2D eigenvalue weighted by molar-refractivity contribution is -0.124. The van der Waals surface area contributed by atoms with Crippen LogP contribution in [-0.4, -0.2) is 56.6 Å². The lowest BCUT2D eigenvalue weighted by atomic mass is 9.88. The van der Waals surface area contributed by atoms with Gasteiger partial charge in [0.2, 0.25) is 5.91 Å². The van der Waals surface area contributed by atoms with Crippen LogP contribution in [0.25, 0.3) is 0 Å². The highest BCUT2D eigenvalue weighted by molar-refractivity contribution is 5.92. The van der Waals surface area contributed by atoms with Crippen LogP contribution in [0.5, 0.6) is 0 Å². The second-order valence-electron chi connectivity index (χ2n) is 10.5. The van der Waals surface area contributed by atoms with Crippen molar-refractivity contribution in [2.45, 2.75) is 43.6 Å². The molecule has 3 N–H and O–H groups in total. The van der Waals surface area contributed by atoms with E-state index in [-0.39, 0.29) is 49.2 Å². The second kappa shape index (κ2) is 15.2. The van der Waals surface area contributed by atoms with Crippen LogP contribution in [0.4, 0.5) is 41.2 Å². The molecule has 4 rings (SSSR count). The van der Waals surface area contributed by atoms with E-state index in [2.05, 4.69) is 10.6 Å². The first-order valence-electron chi connectivity index (χ1n) is 14.0. The lowest BCUT2D eigenvalue weighted by Gasteiger charge is -2.31. The predicted octanol–water partition coefficient (Wildman–Crippen LogP) is 5.98. The van der Waals surface area contributed by atoms with E-state index < -0.39 is 66.1 Å². The highest BCUT2D eigenvalue weighted by atomic mass is 19.4. The number of rotatable bonds is 11. The quantitative estimate of drug-likeness (QED) is 0.224. The van der Waals surface area contributed by atoms with Gasteiger partial charge in [0.15, 0.2) is 0 Å². The molecule has 1 aliphatic heterocycles. The van der Waals surface area contributed by atoms with Gasteiger partial charge in [-0.15, -0.1) is 0 Å². The van der Waals surface area contributed by atoms with Crippen LogP contribution in [0.3, 0.4) is 0 Å². The maximum absolute atomic E-state index is 14.9. The number of hydrogen-bond acceptors (Lipinski definition) is 5. The third-order valence-corrected chi connectivity index (χ3v) is 7.02. The smallest absolute Gasteiger partial charge is 0.407 e. The van der Waals surface area contributed by atoms with Crippen LogP contribution in [0.15, 0.2) is 60.7 Å². The van der Waals surface area contributed by atoms with Crippen molar-refractivity contribution in [2.24, 2.45) is 0 Å². The molecule has 45 heavy (non-hydrogen) atoms. The van der Waals surface area contributed by atoms with Crippen molar-refractivity contribution in [3.05, 3.63) is 101 Å². The molecular formula is C31H30F7N3O4. The molecule has 0 spiro atoms. The topological polar surface area (TPSA) is 88.7 Å². The third-order valence-electron chi connectivity index (χ3n) is 7.02. The number of ether oxygens (including phenoxy) is 2. The minimum absolute atomic E-state index is 0.116. The van der Waals surface area contributed by atoms with Gasteiger partial charge in [-0.25, -0.2) is 22.4 Å². The fourth-order valence-electron chi connectivity index (χ4n) is 4.96. The van der Waals surface area contributed by atoms with Gasteiger partial charge in [-0.05, 0) is 60.4 Å². The van der Waals surface area contributed by atoms with Gasteiger partial charge in [0.05, 0.1) is 6.10 Å². The molecule has 0 unspecified atom stereocenters. The summed E-state index contributed by atoms with van der Waals surface area (Å²) in [6.45, 7) is -1.19. The summed E-state index contributed by atoms with van der Waals surface area (Å²) >= 11 is 0. The molecule has 0 radical (unpaired) electrons. The molecule has 1 aliphatic rings. The number of hydrogen-bond donors (Lipinski definition) is 3. The molecular weight excluding hydrogens is 611 g/mol. The Kier molecular flexibility index (Phi) is 11.4. The Bertz CT molecular complexity index is 1450. The number of benzene rings is 3. The highest BCUT2D eigenvalue weighted by Crippen LogP contribution is 2.31. The summed E-state index contributed by atoms with van der Waals surface area (Å²) in [5.41, 5.74) is 0.948. The summed E-state index contributed by atoms with van der Waals surface area (Å²) in [7, 11) is 0. The minimum Gasteiger partial charge on any atom is -0.447 e. The fraction of sp³-hybridized carbons (Fsp3) is 0.355. The van der Waals surface area contributed by atoms with E-state index in [4.69, 9.17) is 9.47 Å². The maximum Gasteiger partial charge on any atom is 0.407 e. The average molecular weight is 642 g/mol. The third kappa shape index (κ3) is 10.5. The molecule has 242 valence electrons. The predicted molar refractivity (Wildman–Crippen MR) is 150 cm³/mol. The first-order valence-corrected chi connectivity index (χ1v) is 14.0. The Morgan fingerprint density at radius 3 is 2.29 bits per heavy atom. The van der Waals surface area contributed by atoms with Crippen molar-refractivity contribution in [3.63, 3.8) is 0 Å². The Morgan fingerprint density at radius 2 is 1.60 bits per heavy atom. The first-order chi connectivity index (χ1) is 21.4. The maximum atomic E-state index is 14.9. The normalized spacial score (nSPS) is 17.4. The Balaban J connectivity index is 1.38. The van der Waals surface area contributed by atoms with Gasteiger partial charge in [0, 0.05) is 42.7 Å². The Morgan fingerprint density at radius 1 is 0.911 bits per heavy atom. The first kappa shape index (κ1) is 33.7. The number of carbonyl (C=O) groups excluding carboxylic acids is 2. The molecule has 3 aromatic carbocycles. The van der Waals surface area contributed by atoms with E-state index in [0.717, 1.165) is 12.1 Å². The van der Waals surface area contributed by atoms with E-state index in [1.165, 1.54) is 42.5 Å². The standard InChI is InChI=1S/C31H30F7N3O4/c32-20-6-4-18(5-7-20)26(19-10-21(33)12-22(34)11-19)13-29(42)41-28-3-1-2-27(35)25(28)9-8-23-14-39-15-24(45-23)16-44-30(43)40-17-31(36,37)38/h1-7,10-12,23-24,26,39H,8-9,13-17H2,(H,40,43)(H,41,42)/t23-,24+,26+/m1/s1. The minimum atomic E-state index is -4.58. The van der Waals surface area contributed by atoms with E-state index >= 15 is 0 Å². The van der Waals surface area contributed by atoms with Crippen molar-refractivity contribution >= 4 is 17.7 Å². The molecule has 14 heteroatoms. The van der Waals surface area contributed by atoms with Crippen molar-refractivity contribution in [2.75, 3.05) is 31.6 Å². The van der Waals surface area contributed by atoms with Gasteiger partial charge in [-0.3, -0.25) is 4.79 Å². The van der Waals surface area contributed by atoms with Crippen LogP contribution in [0.2, 0.25) is 0 Å². The molecule has 0 aromatic heterocycles. The average Bonchev–Trinajstić information content (AvgIpc) is 2.97. The van der Waals surface area contributed by atoms with Crippen LogP contribution in [0.1, 0.15) is 35.4 Å². The molecule has 3 atom stereocenters. The van der Waals surface area contributed by atoms with Gasteiger partial charge in [0.1, 0.15) is 42.5 Å². The van der Waals surface area contributed by atoms with Crippen LogP contribution in [0, 0.1) is 23.3 Å². The number of anilines is 1. The van der Waals surface area contributed by atoms with Crippen LogP contribution >= 0.6 is 0 Å². The van der Waals surface area contributed by atoms with Gasteiger partial charge in [0.25, 0.3) is 0 Å². The largest absolute Gasteiger partial charge is 0.447 e. The monoisotopic (exact) mass is 641 g/mol. The number of carbonyl (C=O) groups is 2. The fourth-order valence-corrected chi connectivity index (χ4v) is 4.96. The second-order valence-corrected chi connectivity index (χ2v) is 10.5. The van der Waals surface area contributed by atoms with Crippen LogP contribution in [-0.2, 0) is 20.7 Å². The van der Waals surface area contributed by atoms with E-state index in [9.17, 15) is 40.3 Å². The summed E-state index contributed by atoms with van der Waals surface area (Å²) in [6, 6.07) is 12.2.